The van der Waals surface area contributed by atoms with Crippen LogP contribution in [0.5, 0.6) is 0 Å². The van der Waals surface area contributed by atoms with Crippen molar-refractivity contribution in [3.05, 3.63) is 158 Å². The molecule has 0 bridgehead atoms. The Bertz CT molecular complexity index is 1840. The van der Waals surface area contributed by atoms with Crippen molar-refractivity contribution < 1.29 is 0 Å². The summed E-state index contributed by atoms with van der Waals surface area (Å²) in [6, 6.07) is 56.9. The lowest BCUT2D eigenvalue weighted by Gasteiger charge is -2.19. The van der Waals surface area contributed by atoms with Crippen molar-refractivity contribution >= 4 is 21.5 Å². The first-order chi connectivity index (χ1) is 18.9. The molecule has 38 heavy (non-hydrogen) atoms. The summed E-state index contributed by atoms with van der Waals surface area (Å²) < 4.78 is 0. The lowest BCUT2D eigenvalue weighted by atomic mass is 9.83. The fourth-order valence-corrected chi connectivity index (χ4v) is 5.78. The molecule has 178 valence electrons. The molecule has 0 aliphatic carbocycles. The molecule has 0 fully saturated rings. The molecule has 0 atom stereocenters. The molecule has 0 heterocycles. The predicted molar refractivity (Wildman–Crippen MR) is 163 cm³/mol. The van der Waals surface area contributed by atoms with E-state index in [4.69, 9.17) is 0 Å². The molecule has 7 aromatic rings. The van der Waals surface area contributed by atoms with Gasteiger partial charge in [0.2, 0.25) is 0 Å². The number of rotatable bonds is 4. The maximum atomic E-state index is 2.32. The molecule has 0 heteroatoms. The highest BCUT2D eigenvalue weighted by Crippen LogP contribution is 2.46. The van der Waals surface area contributed by atoms with Gasteiger partial charge in [-0.05, 0) is 72.1 Å². The molecule has 0 aliphatic rings. The van der Waals surface area contributed by atoms with E-state index < -0.39 is 0 Å². The molecule has 0 N–H and O–H groups in total. The topological polar surface area (TPSA) is 0 Å². The van der Waals surface area contributed by atoms with Crippen LogP contribution in [0.1, 0.15) is 0 Å². The van der Waals surface area contributed by atoms with E-state index in [0.717, 1.165) is 0 Å². The normalized spacial score (nSPS) is 11.2. The summed E-state index contributed by atoms with van der Waals surface area (Å²) in [6.45, 7) is 0. The lowest BCUT2D eigenvalue weighted by molar-refractivity contribution is 1.58. The molecule has 7 rings (SSSR count). The Balaban J connectivity index is 1.54. The third kappa shape index (κ3) is 3.79. The minimum Gasteiger partial charge on any atom is -0.0622 e. The van der Waals surface area contributed by atoms with E-state index in [1.54, 1.807) is 0 Å². The van der Waals surface area contributed by atoms with Crippen LogP contribution in [0.15, 0.2) is 158 Å². The van der Waals surface area contributed by atoms with Gasteiger partial charge in [-0.3, -0.25) is 0 Å². The van der Waals surface area contributed by atoms with Gasteiger partial charge in [-0.15, -0.1) is 0 Å². The molecular weight excluding hydrogens is 456 g/mol. The molecule has 0 saturated heterocycles. The Morgan fingerprint density at radius 1 is 0.237 bits per heavy atom. The molecule has 0 unspecified atom stereocenters. The molecule has 0 radical (unpaired) electrons. The number of benzene rings is 7. The zero-order chi connectivity index (χ0) is 25.3. The van der Waals surface area contributed by atoms with Crippen LogP contribution in [0, 0.1) is 0 Å². The first-order valence-electron chi connectivity index (χ1n) is 13.1. The number of fused-ring (bicyclic) bond motifs is 2. The van der Waals surface area contributed by atoms with Crippen molar-refractivity contribution in [3.8, 4) is 44.5 Å². The van der Waals surface area contributed by atoms with Crippen molar-refractivity contribution in [1.82, 2.24) is 0 Å². The standard InChI is InChI=1S/C38H26/c1-3-14-27(15-4-1)29-18-13-19-30(26-29)31-20-7-8-21-32(31)38-35-24-11-9-22-33(35)37(28-16-5-2-6-17-28)34-23-10-12-25-36(34)38/h1-26H. The van der Waals surface area contributed by atoms with Crippen LogP contribution in [-0.4, -0.2) is 0 Å². The summed E-state index contributed by atoms with van der Waals surface area (Å²) in [5.74, 6) is 0. The van der Waals surface area contributed by atoms with Crippen molar-refractivity contribution in [2.45, 2.75) is 0 Å². The summed E-state index contributed by atoms with van der Waals surface area (Å²) >= 11 is 0. The van der Waals surface area contributed by atoms with E-state index >= 15 is 0 Å². The van der Waals surface area contributed by atoms with Crippen molar-refractivity contribution in [3.63, 3.8) is 0 Å². The Morgan fingerprint density at radius 3 is 1.26 bits per heavy atom. The molecule has 0 nitrogen and oxygen atoms in total. The van der Waals surface area contributed by atoms with Crippen molar-refractivity contribution in [2.24, 2.45) is 0 Å². The van der Waals surface area contributed by atoms with Gasteiger partial charge < -0.3 is 0 Å². The monoisotopic (exact) mass is 482 g/mol. The Morgan fingerprint density at radius 2 is 0.658 bits per heavy atom. The fraction of sp³-hybridized carbons (Fsp3) is 0. The number of hydrogen-bond acceptors (Lipinski definition) is 0. The summed E-state index contributed by atoms with van der Waals surface area (Å²) in [6.07, 6.45) is 0. The Kier molecular flexibility index (Phi) is 5.57. The summed E-state index contributed by atoms with van der Waals surface area (Å²) in [5, 5.41) is 5.11. The highest BCUT2D eigenvalue weighted by atomic mass is 14.2. The largest absolute Gasteiger partial charge is 0.0622 e. The Hall–Kier alpha value is -4.94. The van der Waals surface area contributed by atoms with E-state index in [1.165, 1.54) is 66.1 Å². The lowest BCUT2D eigenvalue weighted by Crippen LogP contribution is -1.92. The van der Waals surface area contributed by atoms with Gasteiger partial charge in [-0.1, -0.05) is 152 Å². The first kappa shape index (κ1) is 22.3. The maximum absolute atomic E-state index is 2.32. The van der Waals surface area contributed by atoms with Crippen LogP contribution >= 0.6 is 0 Å². The molecule has 0 saturated carbocycles. The number of hydrogen-bond donors (Lipinski definition) is 0. The second-order valence-corrected chi connectivity index (χ2v) is 9.70. The third-order valence-corrected chi connectivity index (χ3v) is 7.47. The van der Waals surface area contributed by atoms with Crippen LogP contribution in [0.4, 0.5) is 0 Å². The maximum Gasteiger partial charge on any atom is -0.00201 e. The Labute approximate surface area is 223 Å². The quantitative estimate of drug-likeness (QED) is 0.219. The summed E-state index contributed by atoms with van der Waals surface area (Å²) in [7, 11) is 0. The second kappa shape index (κ2) is 9.50. The van der Waals surface area contributed by atoms with Crippen LogP contribution in [0.3, 0.4) is 0 Å². The molecular formula is C38H26. The highest BCUT2D eigenvalue weighted by Gasteiger charge is 2.18. The first-order valence-corrected chi connectivity index (χ1v) is 13.1. The molecule has 0 spiro atoms. The summed E-state index contributed by atoms with van der Waals surface area (Å²) in [5.41, 5.74) is 10.0. The van der Waals surface area contributed by atoms with Gasteiger partial charge in [0.25, 0.3) is 0 Å². The van der Waals surface area contributed by atoms with E-state index in [0.29, 0.717) is 0 Å². The zero-order valence-electron chi connectivity index (χ0n) is 21.0. The smallest absolute Gasteiger partial charge is 0.00201 e. The highest BCUT2D eigenvalue weighted by molar-refractivity contribution is 6.22. The van der Waals surface area contributed by atoms with E-state index in [9.17, 15) is 0 Å². The predicted octanol–water partition coefficient (Wildman–Crippen LogP) is 10.7. The van der Waals surface area contributed by atoms with Crippen LogP contribution < -0.4 is 0 Å². The van der Waals surface area contributed by atoms with Gasteiger partial charge in [0.05, 0.1) is 0 Å². The van der Waals surface area contributed by atoms with E-state index in [1.807, 2.05) is 0 Å². The van der Waals surface area contributed by atoms with Crippen LogP contribution in [-0.2, 0) is 0 Å². The van der Waals surface area contributed by atoms with Gasteiger partial charge >= 0.3 is 0 Å². The second-order valence-electron chi connectivity index (χ2n) is 9.70. The molecule has 7 aromatic carbocycles. The molecule has 0 amide bonds. The average Bonchev–Trinajstić information content (AvgIpc) is 3.01. The van der Waals surface area contributed by atoms with Gasteiger partial charge in [-0.2, -0.15) is 0 Å². The van der Waals surface area contributed by atoms with Crippen LogP contribution in [0.2, 0.25) is 0 Å². The van der Waals surface area contributed by atoms with E-state index in [2.05, 4.69) is 158 Å². The average molecular weight is 483 g/mol. The van der Waals surface area contributed by atoms with E-state index in [-0.39, 0.29) is 0 Å². The third-order valence-electron chi connectivity index (χ3n) is 7.47. The van der Waals surface area contributed by atoms with Crippen molar-refractivity contribution in [1.29, 1.82) is 0 Å². The van der Waals surface area contributed by atoms with Crippen molar-refractivity contribution in [2.75, 3.05) is 0 Å². The fourth-order valence-electron chi connectivity index (χ4n) is 5.78. The molecule has 0 aromatic heterocycles. The van der Waals surface area contributed by atoms with Gasteiger partial charge in [-0.25, -0.2) is 0 Å². The van der Waals surface area contributed by atoms with Gasteiger partial charge in [0, 0.05) is 0 Å². The minimum absolute atomic E-state index is 1.22. The van der Waals surface area contributed by atoms with Gasteiger partial charge in [0.1, 0.15) is 0 Å². The zero-order valence-corrected chi connectivity index (χ0v) is 21.0. The van der Waals surface area contributed by atoms with Crippen LogP contribution in [0.25, 0.3) is 66.1 Å². The molecule has 0 aliphatic heterocycles. The summed E-state index contributed by atoms with van der Waals surface area (Å²) in [4.78, 5) is 0. The SMILES string of the molecule is c1ccc(-c2cccc(-c3ccccc3-c3c4ccccc4c(-c4ccccc4)c4ccccc34)c2)cc1. The van der Waals surface area contributed by atoms with Gasteiger partial charge in [0.15, 0.2) is 0 Å². The minimum atomic E-state index is 1.22.